The third-order valence-corrected chi connectivity index (χ3v) is 3.30. The van der Waals surface area contributed by atoms with Gasteiger partial charge >= 0.3 is 0 Å². The van der Waals surface area contributed by atoms with Crippen molar-refractivity contribution in [2.45, 2.75) is 13.8 Å². The molecule has 1 atom stereocenters. The quantitative estimate of drug-likeness (QED) is 0.651. The van der Waals surface area contributed by atoms with Gasteiger partial charge in [-0.15, -0.1) is 0 Å². The molecule has 0 aliphatic heterocycles. The molecule has 0 rings (SSSR count). The van der Waals surface area contributed by atoms with Gasteiger partial charge in [0.25, 0.3) is 7.37 Å². The van der Waals surface area contributed by atoms with Crippen LogP contribution in [0, 0.1) is 0 Å². The third-order valence-electron chi connectivity index (χ3n) is 1.46. The lowest BCUT2D eigenvalue weighted by Gasteiger charge is -2.13. The Morgan fingerprint density at radius 1 is 1.29 bits per heavy atom. The van der Waals surface area contributed by atoms with Gasteiger partial charge in [-0.1, -0.05) is 0 Å². The summed E-state index contributed by atoms with van der Waals surface area (Å²) in [7, 11) is 1.19. The average Bonchev–Trinajstić information content (AvgIpc) is 2.13. The summed E-state index contributed by atoms with van der Waals surface area (Å²) >= 11 is 0. The van der Waals surface area contributed by atoms with E-state index in [0.717, 1.165) is 4.90 Å². The summed E-state index contributed by atoms with van der Waals surface area (Å²) in [6.07, 6.45) is 1.98. The number of rotatable bonds is 7. The monoisotopic (exact) mass is 222 g/mol. The number of hydrogen-bond acceptors (Lipinski definition) is 3. The molecule has 0 aliphatic carbocycles. The minimum atomic E-state index is -2.71. The zero-order chi connectivity index (χ0) is 11.0. The van der Waals surface area contributed by atoms with Gasteiger partial charge in [-0.25, -0.2) is 0 Å². The first-order valence-electron chi connectivity index (χ1n) is 4.84. The Bertz CT molecular complexity index is 216. The molecule has 14 heavy (non-hydrogen) atoms. The summed E-state index contributed by atoms with van der Waals surface area (Å²) in [5.41, 5.74) is 0. The van der Waals surface area contributed by atoms with E-state index in [0.29, 0.717) is 13.2 Å². The van der Waals surface area contributed by atoms with Crippen molar-refractivity contribution in [2.75, 3.05) is 33.7 Å². The maximum absolute atomic E-state index is 12.0. The molecule has 0 aromatic rings. The first kappa shape index (κ1) is 13.8. The van der Waals surface area contributed by atoms with Gasteiger partial charge in [-0.2, -0.15) is 0 Å². The van der Waals surface area contributed by atoms with Crippen molar-refractivity contribution < 1.29 is 18.7 Å². The normalized spacial score (nSPS) is 16.4. The van der Waals surface area contributed by atoms with Crippen molar-refractivity contribution in [1.29, 1.82) is 0 Å². The molecule has 0 fully saturated rings. The molecular weight excluding hydrogens is 201 g/mol. The highest BCUT2D eigenvalue weighted by Gasteiger charge is 2.19. The summed E-state index contributed by atoms with van der Waals surface area (Å²) in [6, 6.07) is 0. The van der Waals surface area contributed by atoms with Gasteiger partial charge in [-0.3, -0.25) is 4.57 Å². The molecule has 0 heterocycles. The van der Waals surface area contributed by atoms with Gasteiger partial charge in [0.05, 0.1) is 32.7 Å². The smallest absolute Gasteiger partial charge is 0.255 e. The SMILES string of the molecule is CCOC[P@](=O)(/C=C/[NH+](C)C)OCC. The van der Waals surface area contributed by atoms with Crippen LogP contribution in [0.5, 0.6) is 0 Å². The van der Waals surface area contributed by atoms with E-state index in [-0.39, 0.29) is 6.35 Å². The first-order chi connectivity index (χ1) is 6.54. The zero-order valence-corrected chi connectivity index (χ0v) is 10.3. The van der Waals surface area contributed by atoms with Crippen LogP contribution in [0.2, 0.25) is 0 Å². The summed E-state index contributed by atoms with van der Waals surface area (Å²) in [6.45, 7) is 4.70. The predicted octanol–water partition coefficient (Wildman–Crippen LogP) is 0.911. The van der Waals surface area contributed by atoms with E-state index in [4.69, 9.17) is 9.26 Å². The summed E-state index contributed by atoms with van der Waals surface area (Å²) < 4.78 is 22.4. The highest BCUT2D eigenvalue weighted by molar-refractivity contribution is 7.62. The van der Waals surface area contributed by atoms with Crippen LogP contribution in [0.1, 0.15) is 13.8 Å². The summed E-state index contributed by atoms with van der Waals surface area (Å²) in [5.74, 6) is 1.63. The van der Waals surface area contributed by atoms with Crippen LogP contribution in [0.3, 0.4) is 0 Å². The Hall–Kier alpha value is -0.150. The molecule has 5 heteroatoms. The molecule has 0 unspecified atom stereocenters. The molecule has 0 aromatic heterocycles. The van der Waals surface area contributed by atoms with Crippen LogP contribution in [0.15, 0.2) is 12.0 Å². The Balaban J connectivity index is 4.30. The second-order valence-corrected chi connectivity index (χ2v) is 5.43. The van der Waals surface area contributed by atoms with Gasteiger partial charge < -0.3 is 14.2 Å². The van der Waals surface area contributed by atoms with Crippen molar-refractivity contribution >= 4 is 7.37 Å². The molecule has 0 amide bonds. The standard InChI is InChI=1S/C9H20NO3P/c1-5-12-9-14(11,13-6-2)8-7-10(3)4/h7-8H,5-6,9H2,1-4H3/p+1/b8-7+/t14-/m0/s1. The van der Waals surface area contributed by atoms with Gasteiger partial charge in [0, 0.05) is 6.61 Å². The summed E-state index contributed by atoms with van der Waals surface area (Å²) in [4.78, 5) is 1.10. The van der Waals surface area contributed by atoms with E-state index < -0.39 is 7.37 Å². The molecule has 0 saturated heterocycles. The molecule has 4 nitrogen and oxygen atoms in total. The second-order valence-electron chi connectivity index (χ2n) is 3.16. The van der Waals surface area contributed by atoms with Crippen molar-refractivity contribution in [2.24, 2.45) is 0 Å². The van der Waals surface area contributed by atoms with Crippen LogP contribution >= 0.6 is 7.37 Å². The fourth-order valence-corrected chi connectivity index (χ4v) is 2.47. The molecule has 84 valence electrons. The maximum Gasteiger partial charge on any atom is 0.255 e. The van der Waals surface area contributed by atoms with Crippen molar-refractivity contribution in [3.05, 3.63) is 12.0 Å². The lowest BCUT2D eigenvalue weighted by Crippen LogP contribution is -3.00. The minimum Gasteiger partial charge on any atom is -0.371 e. The third kappa shape index (κ3) is 6.33. The molecule has 0 aromatic carbocycles. The number of nitrogens with one attached hydrogen (secondary N) is 1. The lowest BCUT2D eigenvalue weighted by molar-refractivity contribution is -0.801. The zero-order valence-electron chi connectivity index (χ0n) is 9.45. The Morgan fingerprint density at radius 2 is 1.93 bits per heavy atom. The lowest BCUT2D eigenvalue weighted by atomic mass is 10.9. The highest BCUT2D eigenvalue weighted by atomic mass is 31.2. The van der Waals surface area contributed by atoms with Crippen LogP contribution in [-0.2, 0) is 13.8 Å². The van der Waals surface area contributed by atoms with E-state index >= 15 is 0 Å². The molecule has 0 bridgehead atoms. The van der Waals surface area contributed by atoms with Gasteiger partial charge in [0.15, 0.2) is 0 Å². The van der Waals surface area contributed by atoms with Gasteiger partial charge in [0.1, 0.15) is 6.35 Å². The molecule has 0 radical (unpaired) electrons. The fraction of sp³-hybridized carbons (Fsp3) is 0.778. The van der Waals surface area contributed by atoms with Gasteiger partial charge in [0.2, 0.25) is 0 Å². The average molecular weight is 222 g/mol. The predicted molar refractivity (Wildman–Crippen MR) is 57.7 cm³/mol. The van der Waals surface area contributed by atoms with Crippen LogP contribution in [-0.4, -0.2) is 33.7 Å². The van der Waals surface area contributed by atoms with Crippen molar-refractivity contribution in [3.8, 4) is 0 Å². The van der Waals surface area contributed by atoms with E-state index in [1.165, 1.54) is 0 Å². The van der Waals surface area contributed by atoms with E-state index in [1.54, 1.807) is 5.82 Å². The number of quaternary nitrogens is 1. The van der Waals surface area contributed by atoms with Gasteiger partial charge in [-0.05, 0) is 13.8 Å². The largest absolute Gasteiger partial charge is 0.371 e. The Kier molecular flexibility index (Phi) is 7.11. The molecule has 0 saturated carbocycles. The molecule has 1 N–H and O–H groups in total. The Morgan fingerprint density at radius 3 is 2.36 bits per heavy atom. The highest BCUT2D eigenvalue weighted by Crippen LogP contribution is 2.47. The number of ether oxygens (including phenoxy) is 1. The van der Waals surface area contributed by atoms with E-state index in [9.17, 15) is 4.57 Å². The molecule has 0 aliphatic rings. The van der Waals surface area contributed by atoms with E-state index in [1.807, 2.05) is 34.1 Å². The summed E-state index contributed by atoms with van der Waals surface area (Å²) in [5, 5.41) is 0. The van der Waals surface area contributed by atoms with Crippen molar-refractivity contribution in [1.82, 2.24) is 0 Å². The van der Waals surface area contributed by atoms with Crippen LogP contribution < -0.4 is 4.90 Å². The first-order valence-corrected chi connectivity index (χ1v) is 6.72. The topological polar surface area (TPSA) is 40.0 Å². The molecule has 0 spiro atoms. The number of hydrogen-bond donors (Lipinski definition) is 1. The second kappa shape index (κ2) is 7.18. The maximum atomic E-state index is 12.0. The minimum absolute atomic E-state index is 0.168. The van der Waals surface area contributed by atoms with Crippen molar-refractivity contribution in [3.63, 3.8) is 0 Å². The van der Waals surface area contributed by atoms with Crippen LogP contribution in [0.4, 0.5) is 0 Å². The Labute approximate surface area is 86.3 Å². The van der Waals surface area contributed by atoms with E-state index in [2.05, 4.69) is 0 Å². The molecular formula is C9H21NO3P+. The fourth-order valence-electron chi connectivity index (χ4n) is 0.823. The van der Waals surface area contributed by atoms with Crippen LogP contribution in [0.25, 0.3) is 0 Å².